The first-order valence-corrected chi connectivity index (χ1v) is 9.23. The highest BCUT2D eigenvalue weighted by Crippen LogP contribution is 2.23. The summed E-state index contributed by atoms with van der Waals surface area (Å²) in [7, 11) is -0.0241. The Kier molecular flexibility index (Phi) is 4.92. The SMILES string of the molecule is CNCc1cc(S(=O)(=O)N(C)Cc2csc(C)n2)cs1. The maximum Gasteiger partial charge on any atom is 0.244 e. The van der Waals surface area contributed by atoms with E-state index in [1.54, 1.807) is 18.5 Å². The molecule has 110 valence electrons. The Morgan fingerprint density at radius 1 is 1.35 bits per heavy atom. The Morgan fingerprint density at radius 3 is 2.70 bits per heavy atom. The predicted octanol–water partition coefficient (Wildman–Crippen LogP) is 2.05. The summed E-state index contributed by atoms with van der Waals surface area (Å²) in [4.78, 5) is 5.65. The van der Waals surface area contributed by atoms with Crippen molar-refractivity contribution < 1.29 is 8.42 Å². The quantitative estimate of drug-likeness (QED) is 0.880. The molecular weight excluding hydrogens is 314 g/mol. The zero-order valence-corrected chi connectivity index (χ0v) is 14.0. The minimum Gasteiger partial charge on any atom is -0.315 e. The summed E-state index contributed by atoms with van der Waals surface area (Å²) in [6.07, 6.45) is 0. The summed E-state index contributed by atoms with van der Waals surface area (Å²) < 4.78 is 26.2. The van der Waals surface area contributed by atoms with Gasteiger partial charge in [0.15, 0.2) is 0 Å². The van der Waals surface area contributed by atoms with Crippen molar-refractivity contribution in [2.24, 2.45) is 0 Å². The number of thiophene rings is 1. The van der Waals surface area contributed by atoms with Crippen molar-refractivity contribution in [1.82, 2.24) is 14.6 Å². The van der Waals surface area contributed by atoms with Gasteiger partial charge in [0.25, 0.3) is 0 Å². The average molecular weight is 331 g/mol. The van der Waals surface area contributed by atoms with Crippen LogP contribution in [-0.2, 0) is 23.1 Å². The largest absolute Gasteiger partial charge is 0.315 e. The number of hydrogen-bond acceptors (Lipinski definition) is 6. The summed E-state index contributed by atoms with van der Waals surface area (Å²) >= 11 is 2.97. The first-order chi connectivity index (χ1) is 9.43. The van der Waals surface area contributed by atoms with E-state index in [9.17, 15) is 8.42 Å². The minimum absolute atomic E-state index is 0.296. The van der Waals surface area contributed by atoms with E-state index in [0.29, 0.717) is 18.0 Å². The van der Waals surface area contributed by atoms with Crippen LogP contribution in [0.1, 0.15) is 15.6 Å². The van der Waals surface area contributed by atoms with Crippen LogP contribution in [0.15, 0.2) is 21.7 Å². The number of aromatic nitrogens is 1. The molecule has 20 heavy (non-hydrogen) atoms. The van der Waals surface area contributed by atoms with Gasteiger partial charge in [-0.1, -0.05) is 0 Å². The monoisotopic (exact) mass is 331 g/mol. The number of thiazole rings is 1. The van der Waals surface area contributed by atoms with Gasteiger partial charge < -0.3 is 5.32 Å². The van der Waals surface area contributed by atoms with Gasteiger partial charge in [-0.2, -0.15) is 4.31 Å². The molecule has 0 saturated carbocycles. The third kappa shape index (κ3) is 3.44. The Labute approximate surface area is 127 Å². The molecule has 0 atom stereocenters. The Balaban J connectivity index is 2.15. The molecule has 0 amide bonds. The second-order valence-corrected chi connectivity index (χ2v) is 8.50. The van der Waals surface area contributed by atoms with Gasteiger partial charge in [-0.25, -0.2) is 13.4 Å². The smallest absolute Gasteiger partial charge is 0.244 e. The van der Waals surface area contributed by atoms with Crippen molar-refractivity contribution >= 4 is 32.7 Å². The molecule has 0 aliphatic heterocycles. The van der Waals surface area contributed by atoms with Crippen molar-refractivity contribution in [2.75, 3.05) is 14.1 Å². The third-order valence-corrected chi connectivity index (χ3v) is 6.43. The van der Waals surface area contributed by atoms with E-state index in [0.717, 1.165) is 15.6 Å². The molecule has 2 heterocycles. The molecule has 0 bridgehead atoms. The lowest BCUT2D eigenvalue weighted by atomic mass is 10.5. The van der Waals surface area contributed by atoms with E-state index in [1.165, 1.54) is 27.0 Å². The fraction of sp³-hybridized carbons (Fsp3) is 0.417. The van der Waals surface area contributed by atoms with E-state index in [4.69, 9.17) is 0 Å². The maximum absolute atomic E-state index is 12.4. The molecule has 0 fully saturated rings. The van der Waals surface area contributed by atoms with Crippen LogP contribution in [0.2, 0.25) is 0 Å². The molecule has 5 nitrogen and oxygen atoms in total. The second-order valence-electron chi connectivity index (χ2n) is 4.40. The average Bonchev–Trinajstić information content (AvgIpc) is 2.99. The van der Waals surface area contributed by atoms with Gasteiger partial charge >= 0.3 is 0 Å². The van der Waals surface area contributed by atoms with Crippen LogP contribution < -0.4 is 5.32 Å². The maximum atomic E-state index is 12.4. The highest BCUT2D eigenvalue weighted by Gasteiger charge is 2.23. The molecule has 0 unspecified atom stereocenters. The third-order valence-electron chi connectivity index (χ3n) is 2.74. The Morgan fingerprint density at radius 2 is 2.10 bits per heavy atom. The minimum atomic E-state index is -3.44. The van der Waals surface area contributed by atoms with Crippen LogP contribution in [0.3, 0.4) is 0 Å². The topological polar surface area (TPSA) is 62.3 Å². The number of nitrogens with zero attached hydrogens (tertiary/aromatic N) is 2. The number of aryl methyl sites for hydroxylation is 1. The molecule has 0 aromatic carbocycles. The fourth-order valence-electron chi connectivity index (χ4n) is 1.74. The second kappa shape index (κ2) is 6.31. The highest BCUT2D eigenvalue weighted by atomic mass is 32.2. The molecule has 2 aromatic heterocycles. The van der Waals surface area contributed by atoms with Crippen LogP contribution in [0.25, 0.3) is 0 Å². The molecule has 2 aromatic rings. The number of sulfonamides is 1. The first kappa shape index (κ1) is 15.6. The van der Waals surface area contributed by atoms with Crippen LogP contribution in [-0.4, -0.2) is 31.8 Å². The van der Waals surface area contributed by atoms with E-state index in [2.05, 4.69) is 10.3 Å². The summed E-state index contributed by atoms with van der Waals surface area (Å²) in [5.74, 6) is 0. The summed E-state index contributed by atoms with van der Waals surface area (Å²) in [6.45, 7) is 2.88. The van der Waals surface area contributed by atoms with Crippen LogP contribution in [0, 0.1) is 6.92 Å². The van der Waals surface area contributed by atoms with E-state index in [1.807, 2.05) is 19.4 Å². The predicted molar refractivity (Wildman–Crippen MR) is 82.6 cm³/mol. The van der Waals surface area contributed by atoms with Gasteiger partial charge in [-0.3, -0.25) is 0 Å². The van der Waals surface area contributed by atoms with Crippen molar-refractivity contribution in [3.63, 3.8) is 0 Å². The van der Waals surface area contributed by atoms with Gasteiger partial charge in [-0.15, -0.1) is 22.7 Å². The summed E-state index contributed by atoms with van der Waals surface area (Å²) in [5.41, 5.74) is 0.782. The molecule has 2 rings (SSSR count). The summed E-state index contributed by atoms with van der Waals surface area (Å²) in [5, 5.41) is 7.53. The van der Waals surface area contributed by atoms with Crippen LogP contribution >= 0.6 is 22.7 Å². The lowest BCUT2D eigenvalue weighted by Gasteiger charge is -2.14. The molecule has 0 saturated heterocycles. The number of hydrogen-bond donors (Lipinski definition) is 1. The van der Waals surface area contributed by atoms with E-state index in [-0.39, 0.29) is 0 Å². The van der Waals surface area contributed by atoms with Gasteiger partial charge in [0.1, 0.15) is 0 Å². The van der Waals surface area contributed by atoms with Crippen molar-refractivity contribution in [1.29, 1.82) is 0 Å². The number of nitrogens with one attached hydrogen (secondary N) is 1. The molecule has 8 heteroatoms. The van der Waals surface area contributed by atoms with Crippen molar-refractivity contribution in [3.8, 4) is 0 Å². The fourth-order valence-corrected chi connectivity index (χ4v) is 4.76. The lowest BCUT2D eigenvalue weighted by Crippen LogP contribution is -2.26. The van der Waals surface area contributed by atoms with Crippen molar-refractivity contribution in [2.45, 2.75) is 24.9 Å². The van der Waals surface area contributed by atoms with Gasteiger partial charge in [0, 0.05) is 29.2 Å². The normalized spacial score (nSPS) is 12.2. The molecule has 0 spiro atoms. The molecule has 0 radical (unpaired) electrons. The highest BCUT2D eigenvalue weighted by molar-refractivity contribution is 7.89. The van der Waals surface area contributed by atoms with Crippen LogP contribution in [0.5, 0.6) is 0 Å². The van der Waals surface area contributed by atoms with E-state index < -0.39 is 10.0 Å². The Bertz CT molecular complexity index is 676. The van der Waals surface area contributed by atoms with Gasteiger partial charge in [-0.05, 0) is 20.0 Å². The Hall–Kier alpha value is -0.800. The molecule has 0 aliphatic carbocycles. The zero-order chi connectivity index (χ0) is 14.8. The molecular formula is C12H17N3O2S3. The standard InChI is InChI=1S/C12H17N3O2S3/c1-9-14-10(7-18-9)6-15(3)20(16,17)12-4-11(5-13-2)19-8-12/h4,7-8,13H,5-6H2,1-3H3. The van der Waals surface area contributed by atoms with Crippen molar-refractivity contribution in [3.05, 3.63) is 32.4 Å². The zero-order valence-electron chi connectivity index (χ0n) is 11.6. The first-order valence-electron chi connectivity index (χ1n) is 6.03. The van der Waals surface area contributed by atoms with E-state index >= 15 is 0 Å². The number of rotatable bonds is 6. The lowest BCUT2D eigenvalue weighted by molar-refractivity contribution is 0.463. The van der Waals surface area contributed by atoms with Gasteiger partial charge in [0.2, 0.25) is 10.0 Å². The van der Waals surface area contributed by atoms with Gasteiger partial charge in [0.05, 0.1) is 22.1 Å². The summed E-state index contributed by atoms with van der Waals surface area (Å²) in [6, 6.07) is 1.72. The molecule has 0 aliphatic rings. The van der Waals surface area contributed by atoms with Crippen LogP contribution in [0.4, 0.5) is 0 Å². The molecule has 1 N–H and O–H groups in total.